The zero-order valence-electron chi connectivity index (χ0n) is 10.1. The van der Waals surface area contributed by atoms with E-state index in [1.165, 1.54) is 0 Å². The quantitative estimate of drug-likeness (QED) is 0.451. The summed E-state index contributed by atoms with van der Waals surface area (Å²) in [6.07, 6.45) is 3.53. The van der Waals surface area contributed by atoms with Gasteiger partial charge in [0.2, 0.25) is 5.78 Å². The Morgan fingerprint density at radius 1 is 1.00 bits per heavy atom. The monoisotopic (exact) mass is 266 g/mol. The zero-order valence-corrected chi connectivity index (χ0v) is 10.9. The lowest BCUT2D eigenvalue weighted by Crippen LogP contribution is -1.93. The van der Waals surface area contributed by atoms with E-state index in [0.717, 1.165) is 5.56 Å². The lowest BCUT2D eigenvalue weighted by Gasteiger charge is -1.92. The highest BCUT2D eigenvalue weighted by atomic mass is 35.5. The number of carbonyl (C=O) groups excluding carboxylic acids is 1. The minimum Gasteiger partial charge on any atom is -0.279 e. The number of hydrogen-bond donors (Lipinski definition) is 0. The number of halogens is 1. The summed E-state index contributed by atoms with van der Waals surface area (Å²) in [5.41, 5.74) is 1.60. The molecule has 0 N–H and O–H groups in total. The Balaban J connectivity index is 2.02. The van der Waals surface area contributed by atoms with Crippen molar-refractivity contribution < 1.29 is 4.79 Å². The topological polar surface area (TPSA) is 17.1 Å². The SMILES string of the molecule is O=C(C#CC=Cc1ccccc1)c1ccc(Cl)cc1. The number of rotatable bonds is 2. The van der Waals surface area contributed by atoms with Gasteiger partial charge in [-0.05, 0) is 47.9 Å². The molecule has 0 aliphatic carbocycles. The van der Waals surface area contributed by atoms with Crippen LogP contribution in [0.1, 0.15) is 15.9 Å². The average molecular weight is 267 g/mol. The molecule has 2 rings (SSSR count). The van der Waals surface area contributed by atoms with Crippen LogP contribution in [-0.2, 0) is 0 Å². The number of allylic oxidation sites excluding steroid dienone is 1. The Kier molecular flexibility index (Phi) is 4.55. The Bertz CT molecular complexity index is 643. The molecule has 2 aromatic carbocycles. The molecular formula is C17H11ClO. The Labute approximate surface area is 117 Å². The van der Waals surface area contributed by atoms with E-state index in [0.29, 0.717) is 10.6 Å². The molecule has 0 atom stereocenters. The molecule has 0 aliphatic heterocycles. The van der Waals surface area contributed by atoms with Crippen LogP contribution in [0.4, 0.5) is 0 Å². The third kappa shape index (κ3) is 4.13. The van der Waals surface area contributed by atoms with E-state index in [2.05, 4.69) is 11.8 Å². The van der Waals surface area contributed by atoms with Crippen LogP contribution in [0.25, 0.3) is 6.08 Å². The van der Waals surface area contributed by atoms with Crippen molar-refractivity contribution in [1.82, 2.24) is 0 Å². The third-order valence-corrected chi connectivity index (χ3v) is 2.70. The molecule has 0 bridgehead atoms. The first-order valence-electron chi connectivity index (χ1n) is 5.79. The van der Waals surface area contributed by atoms with Crippen LogP contribution in [0.5, 0.6) is 0 Å². The van der Waals surface area contributed by atoms with Crippen LogP contribution in [0.2, 0.25) is 5.02 Å². The van der Waals surface area contributed by atoms with Crippen LogP contribution in [0, 0.1) is 11.8 Å². The Morgan fingerprint density at radius 3 is 2.37 bits per heavy atom. The molecule has 0 saturated carbocycles. The van der Waals surface area contributed by atoms with Gasteiger partial charge in [0.15, 0.2) is 0 Å². The number of benzene rings is 2. The van der Waals surface area contributed by atoms with Crippen molar-refractivity contribution in [3.8, 4) is 11.8 Å². The van der Waals surface area contributed by atoms with Crippen molar-refractivity contribution >= 4 is 23.5 Å². The maximum atomic E-state index is 11.7. The summed E-state index contributed by atoms with van der Waals surface area (Å²) in [4.78, 5) is 11.7. The molecule has 19 heavy (non-hydrogen) atoms. The smallest absolute Gasteiger partial charge is 0.236 e. The minimum absolute atomic E-state index is 0.214. The lowest BCUT2D eigenvalue weighted by atomic mass is 10.1. The fourth-order valence-corrected chi connectivity index (χ4v) is 1.61. The predicted octanol–water partition coefficient (Wildman–Crippen LogP) is 4.24. The second kappa shape index (κ2) is 6.58. The molecule has 0 amide bonds. The fraction of sp³-hybridized carbons (Fsp3) is 0. The Morgan fingerprint density at radius 2 is 1.68 bits per heavy atom. The second-order valence-corrected chi connectivity index (χ2v) is 4.29. The number of carbonyl (C=O) groups is 1. The van der Waals surface area contributed by atoms with Gasteiger partial charge in [0.1, 0.15) is 0 Å². The average Bonchev–Trinajstić information content (AvgIpc) is 2.45. The van der Waals surface area contributed by atoms with Gasteiger partial charge in [-0.25, -0.2) is 0 Å². The molecule has 0 radical (unpaired) electrons. The molecule has 0 aliphatic rings. The standard InChI is InChI=1S/C17H11ClO/c18-16-12-10-15(11-13-16)17(19)9-5-4-8-14-6-2-1-3-7-14/h1-4,6-8,10-13H. The molecule has 92 valence electrons. The van der Waals surface area contributed by atoms with Crippen molar-refractivity contribution in [2.75, 3.05) is 0 Å². The van der Waals surface area contributed by atoms with Gasteiger partial charge in [0.05, 0.1) is 0 Å². The van der Waals surface area contributed by atoms with Crippen LogP contribution >= 0.6 is 11.6 Å². The van der Waals surface area contributed by atoms with Gasteiger partial charge in [-0.3, -0.25) is 4.79 Å². The highest BCUT2D eigenvalue weighted by Gasteiger charge is 2.00. The first-order chi connectivity index (χ1) is 9.25. The summed E-state index contributed by atoms with van der Waals surface area (Å²) < 4.78 is 0. The van der Waals surface area contributed by atoms with Gasteiger partial charge in [-0.15, -0.1) is 0 Å². The maximum Gasteiger partial charge on any atom is 0.236 e. The highest BCUT2D eigenvalue weighted by Crippen LogP contribution is 2.09. The first-order valence-corrected chi connectivity index (χ1v) is 6.16. The number of ketones is 1. The van der Waals surface area contributed by atoms with E-state index in [9.17, 15) is 4.79 Å². The van der Waals surface area contributed by atoms with Gasteiger partial charge >= 0.3 is 0 Å². The van der Waals surface area contributed by atoms with Crippen molar-refractivity contribution in [2.24, 2.45) is 0 Å². The molecule has 0 spiro atoms. The predicted molar refractivity (Wildman–Crippen MR) is 79.0 cm³/mol. The summed E-state index contributed by atoms with van der Waals surface area (Å²) in [5, 5.41) is 0.605. The van der Waals surface area contributed by atoms with Gasteiger partial charge in [-0.2, -0.15) is 0 Å². The summed E-state index contributed by atoms with van der Waals surface area (Å²) >= 11 is 5.75. The second-order valence-electron chi connectivity index (χ2n) is 3.85. The Hall–Kier alpha value is -2.30. The van der Waals surface area contributed by atoms with Crippen molar-refractivity contribution in [1.29, 1.82) is 0 Å². The summed E-state index contributed by atoms with van der Waals surface area (Å²) in [6.45, 7) is 0. The van der Waals surface area contributed by atoms with Gasteiger partial charge in [-0.1, -0.05) is 47.9 Å². The largest absolute Gasteiger partial charge is 0.279 e. The first kappa shape index (κ1) is 13.1. The van der Waals surface area contributed by atoms with Crippen molar-refractivity contribution in [3.63, 3.8) is 0 Å². The van der Waals surface area contributed by atoms with E-state index in [4.69, 9.17) is 11.6 Å². The molecule has 0 aromatic heterocycles. The molecule has 2 heteroatoms. The van der Waals surface area contributed by atoms with Crippen LogP contribution in [0.15, 0.2) is 60.7 Å². The summed E-state index contributed by atoms with van der Waals surface area (Å²) in [6, 6.07) is 16.5. The van der Waals surface area contributed by atoms with E-state index in [1.54, 1.807) is 30.3 Å². The van der Waals surface area contributed by atoms with Gasteiger partial charge in [0.25, 0.3) is 0 Å². The van der Waals surface area contributed by atoms with Gasteiger partial charge < -0.3 is 0 Å². The van der Waals surface area contributed by atoms with Crippen LogP contribution in [-0.4, -0.2) is 5.78 Å². The molecule has 0 heterocycles. The summed E-state index contributed by atoms with van der Waals surface area (Å²) in [5.74, 6) is 5.09. The van der Waals surface area contributed by atoms with Crippen molar-refractivity contribution in [3.05, 3.63) is 76.8 Å². The third-order valence-electron chi connectivity index (χ3n) is 2.45. The normalized spacial score (nSPS) is 9.95. The molecule has 1 nitrogen and oxygen atoms in total. The zero-order chi connectivity index (χ0) is 13.5. The molecular weight excluding hydrogens is 256 g/mol. The van der Waals surface area contributed by atoms with E-state index < -0.39 is 0 Å². The van der Waals surface area contributed by atoms with Crippen LogP contribution < -0.4 is 0 Å². The lowest BCUT2D eigenvalue weighted by molar-refractivity contribution is 0.105. The van der Waals surface area contributed by atoms with E-state index in [1.807, 2.05) is 36.4 Å². The van der Waals surface area contributed by atoms with Crippen molar-refractivity contribution in [2.45, 2.75) is 0 Å². The molecule has 0 fully saturated rings. The minimum atomic E-state index is -0.214. The fourth-order valence-electron chi connectivity index (χ4n) is 1.48. The van der Waals surface area contributed by atoms with Crippen LogP contribution in [0.3, 0.4) is 0 Å². The van der Waals surface area contributed by atoms with E-state index >= 15 is 0 Å². The van der Waals surface area contributed by atoms with E-state index in [-0.39, 0.29) is 5.78 Å². The summed E-state index contributed by atoms with van der Waals surface area (Å²) in [7, 11) is 0. The molecule has 0 unspecified atom stereocenters. The number of hydrogen-bond acceptors (Lipinski definition) is 1. The number of Topliss-reactive ketones (excluding diaryl/α,β-unsaturated/α-hetero) is 1. The molecule has 2 aromatic rings. The maximum absolute atomic E-state index is 11.7. The molecule has 0 saturated heterocycles. The van der Waals surface area contributed by atoms with Gasteiger partial charge in [0, 0.05) is 10.6 Å². The highest BCUT2D eigenvalue weighted by molar-refractivity contribution is 6.30.